The van der Waals surface area contributed by atoms with E-state index in [9.17, 15) is 13.5 Å². The van der Waals surface area contributed by atoms with Crippen LogP contribution in [-0.2, 0) is 14.6 Å². The summed E-state index contributed by atoms with van der Waals surface area (Å²) < 4.78 is 28.9. The van der Waals surface area contributed by atoms with Gasteiger partial charge in [0, 0.05) is 19.3 Å². The second kappa shape index (κ2) is 5.47. The highest BCUT2D eigenvalue weighted by molar-refractivity contribution is 7.90. The zero-order valence-electron chi connectivity index (χ0n) is 12.5. The first-order valence-electron chi connectivity index (χ1n) is 6.75. The Morgan fingerprint density at radius 3 is 2.67 bits per heavy atom. The topological polar surface area (TPSA) is 92.9 Å². The number of aliphatic hydroxyl groups excluding tert-OH is 1. The van der Waals surface area contributed by atoms with Crippen molar-refractivity contribution in [1.82, 2.24) is 0 Å². The molecule has 1 fully saturated rings. The molecule has 0 radical (unpaired) electrons. The minimum absolute atomic E-state index is 0.0682. The average molecular weight is 314 g/mol. The van der Waals surface area contributed by atoms with E-state index in [0.717, 1.165) is 11.9 Å². The molecule has 0 bridgehead atoms. The summed E-state index contributed by atoms with van der Waals surface area (Å²) in [5.74, 6) is 0. The Kier molecular flexibility index (Phi) is 4.19. The van der Waals surface area contributed by atoms with Crippen molar-refractivity contribution in [1.29, 1.82) is 0 Å². The van der Waals surface area contributed by atoms with E-state index in [1.165, 1.54) is 6.07 Å². The summed E-state index contributed by atoms with van der Waals surface area (Å²) in [6.45, 7) is 4.96. The number of benzene rings is 1. The number of morpholine rings is 1. The molecule has 7 heteroatoms. The molecule has 1 saturated heterocycles. The normalized spacial score (nSPS) is 22.3. The van der Waals surface area contributed by atoms with Gasteiger partial charge in [0.1, 0.15) is 0 Å². The van der Waals surface area contributed by atoms with Gasteiger partial charge in [0.2, 0.25) is 0 Å². The van der Waals surface area contributed by atoms with Crippen LogP contribution in [0.3, 0.4) is 0 Å². The van der Waals surface area contributed by atoms with Crippen molar-refractivity contribution < 1.29 is 18.3 Å². The number of ether oxygens (including phenoxy) is 1. The summed E-state index contributed by atoms with van der Waals surface area (Å²) in [6.07, 6.45) is 0.865. The molecular weight excluding hydrogens is 292 g/mol. The van der Waals surface area contributed by atoms with Crippen LogP contribution in [0.1, 0.15) is 13.8 Å². The van der Waals surface area contributed by atoms with Crippen LogP contribution < -0.4 is 10.6 Å². The van der Waals surface area contributed by atoms with Crippen LogP contribution >= 0.6 is 0 Å². The monoisotopic (exact) mass is 314 g/mol. The van der Waals surface area contributed by atoms with E-state index in [4.69, 9.17) is 10.5 Å². The number of aliphatic hydroxyl groups is 1. The summed E-state index contributed by atoms with van der Waals surface area (Å²) in [5.41, 5.74) is 6.78. The van der Waals surface area contributed by atoms with Crippen molar-refractivity contribution in [2.75, 3.05) is 36.6 Å². The molecule has 6 nitrogen and oxygen atoms in total. The van der Waals surface area contributed by atoms with Crippen LogP contribution in [-0.4, -0.2) is 51.2 Å². The van der Waals surface area contributed by atoms with Gasteiger partial charge in [-0.15, -0.1) is 0 Å². The zero-order valence-corrected chi connectivity index (χ0v) is 13.4. The van der Waals surface area contributed by atoms with E-state index in [0.29, 0.717) is 18.8 Å². The van der Waals surface area contributed by atoms with Gasteiger partial charge in [-0.2, -0.15) is 0 Å². The van der Waals surface area contributed by atoms with Crippen molar-refractivity contribution >= 4 is 21.2 Å². The van der Waals surface area contributed by atoms with E-state index >= 15 is 0 Å². The highest BCUT2D eigenvalue weighted by Gasteiger charge is 2.33. The first kappa shape index (κ1) is 16.1. The van der Waals surface area contributed by atoms with Gasteiger partial charge in [-0.1, -0.05) is 0 Å². The predicted octanol–water partition coefficient (Wildman–Crippen LogP) is 0.648. The second-order valence-electron chi connectivity index (χ2n) is 6.06. The molecule has 3 N–H and O–H groups in total. The van der Waals surface area contributed by atoms with Crippen molar-refractivity contribution in [3.05, 3.63) is 18.2 Å². The van der Waals surface area contributed by atoms with Crippen molar-refractivity contribution in [2.45, 2.75) is 30.4 Å². The molecule has 1 heterocycles. The highest BCUT2D eigenvalue weighted by Crippen LogP contribution is 2.31. The Bertz CT molecular complexity index is 628. The smallest absolute Gasteiger partial charge is 0.175 e. The largest absolute Gasteiger partial charge is 0.397 e. The van der Waals surface area contributed by atoms with E-state index in [1.54, 1.807) is 12.1 Å². The summed E-state index contributed by atoms with van der Waals surface area (Å²) in [7, 11) is -3.27. The number of sulfone groups is 1. The number of hydrogen-bond acceptors (Lipinski definition) is 6. The minimum Gasteiger partial charge on any atom is -0.397 e. The Balaban J connectivity index is 2.33. The predicted molar refractivity (Wildman–Crippen MR) is 82.2 cm³/mol. The average Bonchev–Trinajstić information content (AvgIpc) is 2.35. The fourth-order valence-corrected chi connectivity index (χ4v) is 3.28. The van der Waals surface area contributed by atoms with Gasteiger partial charge in [-0.3, -0.25) is 0 Å². The van der Waals surface area contributed by atoms with Crippen molar-refractivity contribution in [2.24, 2.45) is 0 Å². The van der Waals surface area contributed by atoms with E-state index < -0.39 is 15.4 Å². The number of nitrogen functional groups attached to an aromatic ring is 1. The lowest BCUT2D eigenvalue weighted by molar-refractivity contribution is -0.100. The first-order chi connectivity index (χ1) is 9.62. The molecule has 0 aliphatic carbocycles. The maximum atomic E-state index is 11.6. The first-order valence-corrected chi connectivity index (χ1v) is 8.65. The molecule has 1 aliphatic heterocycles. The lowest BCUT2D eigenvalue weighted by Gasteiger charge is -2.43. The second-order valence-corrected chi connectivity index (χ2v) is 8.07. The number of hydrogen-bond donors (Lipinski definition) is 2. The number of anilines is 2. The van der Waals surface area contributed by atoms with E-state index in [1.807, 2.05) is 18.7 Å². The standard InChI is InChI=1S/C14H22N2O4S/c1-14(2)9-16(7-10(8-17)20-14)13-5-4-11(6-12(13)15)21(3,18)19/h4-6,10,17H,7-9,15H2,1-3H3. The molecule has 0 saturated carbocycles. The molecule has 21 heavy (non-hydrogen) atoms. The molecule has 118 valence electrons. The van der Waals surface area contributed by atoms with Gasteiger partial charge < -0.3 is 20.5 Å². The molecule has 1 atom stereocenters. The van der Waals surface area contributed by atoms with Crippen LogP contribution in [0.2, 0.25) is 0 Å². The molecule has 0 spiro atoms. The van der Waals surface area contributed by atoms with Gasteiger partial charge in [0.25, 0.3) is 0 Å². The van der Waals surface area contributed by atoms with Crippen LogP contribution in [0.5, 0.6) is 0 Å². The highest BCUT2D eigenvalue weighted by atomic mass is 32.2. The Hall–Kier alpha value is -1.31. The number of rotatable bonds is 3. The lowest BCUT2D eigenvalue weighted by atomic mass is 10.0. The fourth-order valence-electron chi connectivity index (χ4n) is 2.63. The molecule has 2 rings (SSSR count). The van der Waals surface area contributed by atoms with Crippen molar-refractivity contribution in [3.63, 3.8) is 0 Å². The van der Waals surface area contributed by atoms with E-state index in [2.05, 4.69) is 0 Å². The summed E-state index contributed by atoms with van der Waals surface area (Å²) in [5, 5.41) is 9.35. The van der Waals surface area contributed by atoms with Gasteiger partial charge in [-0.05, 0) is 32.0 Å². The van der Waals surface area contributed by atoms with E-state index in [-0.39, 0.29) is 17.6 Å². The van der Waals surface area contributed by atoms with Gasteiger partial charge in [0.15, 0.2) is 9.84 Å². The van der Waals surface area contributed by atoms with Gasteiger partial charge in [-0.25, -0.2) is 8.42 Å². The maximum absolute atomic E-state index is 11.6. The van der Waals surface area contributed by atoms with Gasteiger partial charge >= 0.3 is 0 Å². The Morgan fingerprint density at radius 1 is 1.48 bits per heavy atom. The lowest BCUT2D eigenvalue weighted by Crippen LogP contribution is -2.54. The molecule has 0 amide bonds. The zero-order chi connectivity index (χ0) is 15.8. The van der Waals surface area contributed by atoms with Crippen LogP contribution in [0.4, 0.5) is 11.4 Å². The number of nitrogens with zero attached hydrogens (tertiary/aromatic N) is 1. The molecule has 1 aromatic carbocycles. The third-order valence-corrected chi connectivity index (χ3v) is 4.56. The molecule has 1 aromatic rings. The van der Waals surface area contributed by atoms with Crippen molar-refractivity contribution in [3.8, 4) is 0 Å². The SMILES string of the molecule is CC1(C)CN(c2ccc(S(C)(=O)=O)cc2N)CC(CO)O1. The van der Waals surface area contributed by atoms with Crippen LogP contribution in [0.25, 0.3) is 0 Å². The molecular formula is C14H22N2O4S. The minimum atomic E-state index is -3.27. The summed E-state index contributed by atoms with van der Waals surface area (Å²) in [4.78, 5) is 2.22. The molecule has 0 aromatic heterocycles. The summed E-state index contributed by atoms with van der Waals surface area (Å²) in [6, 6.07) is 4.74. The maximum Gasteiger partial charge on any atom is 0.175 e. The Morgan fingerprint density at radius 2 is 2.14 bits per heavy atom. The molecule has 1 unspecified atom stereocenters. The molecule has 1 aliphatic rings. The summed E-state index contributed by atoms with van der Waals surface area (Å²) >= 11 is 0. The quantitative estimate of drug-likeness (QED) is 0.796. The van der Waals surface area contributed by atoms with Crippen LogP contribution in [0, 0.1) is 0 Å². The fraction of sp³-hybridized carbons (Fsp3) is 0.571. The third-order valence-electron chi connectivity index (χ3n) is 3.45. The Labute approximate surface area is 125 Å². The van der Waals surface area contributed by atoms with Gasteiger partial charge in [0.05, 0.1) is 34.6 Å². The number of nitrogens with two attached hydrogens (primary N) is 1. The van der Waals surface area contributed by atoms with Crippen LogP contribution in [0.15, 0.2) is 23.1 Å². The third kappa shape index (κ3) is 3.66.